The highest BCUT2D eigenvalue weighted by molar-refractivity contribution is 9.10. The quantitative estimate of drug-likeness (QED) is 0.743. The van der Waals surface area contributed by atoms with Gasteiger partial charge in [0.25, 0.3) is 0 Å². The summed E-state index contributed by atoms with van der Waals surface area (Å²) >= 11 is 3.38. The molecule has 0 spiro atoms. The Labute approximate surface area is 164 Å². The van der Waals surface area contributed by atoms with Gasteiger partial charge in [0, 0.05) is 24.8 Å². The Morgan fingerprint density at radius 3 is 2.63 bits per heavy atom. The number of aromatic nitrogens is 1. The van der Waals surface area contributed by atoms with Gasteiger partial charge in [-0.25, -0.2) is 9.37 Å². The van der Waals surface area contributed by atoms with Crippen molar-refractivity contribution < 1.29 is 18.7 Å². The summed E-state index contributed by atoms with van der Waals surface area (Å²) in [5, 5.41) is 0. The topological polar surface area (TPSA) is 62.7 Å². The van der Waals surface area contributed by atoms with Crippen molar-refractivity contribution >= 4 is 33.4 Å². The highest BCUT2D eigenvalue weighted by atomic mass is 79.9. The van der Waals surface area contributed by atoms with Crippen molar-refractivity contribution in [3.63, 3.8) is 0 Å². The van der Waals surface area contributed by atoms with Gasteiger partial charge in [0.05, 0.1) is 23.5 Å². The van der Waals surface area contributed by atoms with Gasteiger partial charge in [0.2, 0.25) is 17.7 Å². The van der Waals surface area contributed by atoms with Crippen molar-refractivity contribution in [3.8, 4) is 5.88 Å². The van der Waals surface area contributed by atoms with Crippen LogP contribution in [-0.2, 0) is 9.59 Å². The Balaban J connectivity index is 1.33. The van der Waals surface area contributed by atoms with Crippen LogP contribution in [0.1, 0.15) is 6.42 Å². The van der Waals surface area contributed by atoms with E-state index in [0.29, 0.717) is 31.2 Å². The number of benzene rings is 1. The lowest BCUT2D eigenvalue weighted by Crippen LogP contribution is -2.57. The normalized spacial score (nSPS) is 19.9. The van der Waals surface area contributed by atoms with Crippen molar-refractivity contribution in [2.75, 3.05) is 24.5 Å². The number of ether oxygens (including phenoxy) is 1. The Hall–Kier alpha value is -2.48. The second kappa shape index (κ2) is 7.26. The van der Waals surface area contributed by atoms with E-state index in [1.807, 2.05) is 6.07 Å². The van der Waals surface area contributed by atoms with E-state index in [0.717, 1.165) is 4.47 Å². The number of amides is 2. The van der Waals surface area contributed by atoms with Gasteiger partial charge in [-0.05, 0) is 52.3 Å². The predicted molar refractivity (Wildman–Crippen MR) is 99.8 cm³/mol. The average molecular weight is 434 g/mol. The fraction of sp³-hybridized carbons (Fsp3) is 0.316. The molecule has 2 fully saturated rings. The molecule has 0 saturated carbocycles. The third kappa shape index (κ3) is 3.66. The van der Waals surface area contributed by atoms with Crippen LogP contribution in [-0.4, -0.2) is 47.4 Å². The second-order valence-electron chi connectivity index (χ2n) is 6.66. The molecule has 2 aliphatic rings. The summed E-state index contributed by atoms with van der Waals surface area (Å²) in [7, 11) is 0. The number of anilines is 1. The van der Waals surface area contributed by atoms with Gasteiger partial charge in [0.15, 0.2) is 0 Å². The zero-order valence-electron chi connectivity index (χ0n) is 14.3. The van der Waals surface area contributed by atoms with E-state index in [1.54, 1.807) is 34.2 Å². The molecule has 3 heterocycles. The van der Waals surface area contributed by atoms with Crippen LogP contribution in [0.15, 0.2) is 47.1 Å². The molecule has 8 heteroatoms. The summed E-state index contributed by atoms with van der Waals surface area (Å²) in [5.41, 5.74) is 0.613. The average Bonchev–Trinajstić information content (AvgIpc) is 3.01. The zero-order chi connectivity index (χ0) is 19.0. The molecule has 1 atom stereocenters. The Bertz CT molecular complexity index is 871. The molecule has 6 nitrogen and oxygen atoms in total. The summed E-state index contributed by atoms with van der Waals surface area (Å²) in [6, 6.07) is 9.38. The number of rotatable bonds is 4. The summed E-state index contributed by atoms with van der Waals surface area (Å²) in [6.45, 7) is 1.27. The molecule has 1 aromatic carbocycles. The maximum absolute atomic E-state index is 13.1. The molecule has 0 N–H and O–H groups in total. The van der Waals surface area contributed by atoms with Gasteiger partial charge in [-0.15, -0.1) is 0 Å². The van der Waals surface area contributed by atoms with Crippen LogP contribution < -0.4 is 9.64 Å². The first-order valence-corrected chi connectivity index (χ1v) is 9.42. The molecule has 4 rings (SSSR count). The number of nitrogens with zero attached hydrogens (tertiary/aromatic N) is 3. The first-order chi connectivity index (χ1) is 13.0. The largest absolute Gasteiger partial charge is 0.470 e. The number of pyridine rings is 1. The van der Waals surface area contributed by atoms with E-state index < -0.39 is 0 Å². The van der Waals surface area contributed by atoms with Gasteiger partial charge in [-0.1, -0.05) is 0 Å². The third-order valence-corrected chi connectivity index (χ3v) is 5.38. The van der Waals surface area contributed by atoms with E-state index in [9.17, 15) is 14.0 Å². The molecule has 2 saturated heterocycles. The van der Waals surface area contributed by atoms with Crippen LogP contribution in [0.5, 0.6) is 5.88 Å². The molecule has 0 bridgehead atoms. The number of carbonyl (C=O) groups is 2. The number of hydrogen-bond acceptors (Lipinski definition) is 4. The van der Waals surface area contributed by atoms with E-state index >= 15 is 0 Å². The summed E-state index contributed by atoms with van der Waals surface area (Å²) in [4.78, 5) is 32.3. The van der Waals surface area contributed by atoms with Crippen LogP contribution >= 0.6 is 15.9 Å². The fourth-order valence-electron chi connectivity index (χ4n) is 3.31. The van der Waals surface area contributed by atoms with Crippen LogP contribution in [0.2, 0.25) is 0 Å². The third-order valence-electron chi connectivity index (χ3n) is 4.78. The van der Waals surface area contributed by atoms with Gasteiger partial charge in [-0.3, -0.25) is 9.59 Å². The summed E-state index contributed by atoms with van der Waals surface area (Å²) in [5.74, 6) is -0.402. The van der Waals surface area contributed by atoms with E-state index in [1.165, 1.54) is 12.1 Å². The molecule has 0 aliphatic carbocycles. The van der Waals surface area contributed by atoms with E-state index in [2.05, 4.69) is 20.9 Å². The lowest BCUT2D eigenvalue weighted by Gasteiger charge is -2.40. The van der Waals surface area contributed by atoms with E-state index in [-0.39, 0.29) is 36.1 Å². The first-order valence-electron chi connectivity index (χ1n) is 8.63. The van der Waals surface area contributed by atoms with Crippen LogP contribution in [0.3, 0.4) is 0 Å². The standard InChI is InChI=1S/C19H17BrFN3O3/c20-16-2-1-7-22-18(16)27-15-10-23(11-15)19(26)12-8-17(25)24(9-12)14-5-3-13(21)4-6-14/h1-7,12,15H,8-11H2. The fourth-order valence-corrected chi connectivity index (χ4v) is 3.66. The molecule has 2 amide bonds. The van der Waals surface area contributed by atoms with Crippen molar-refractivity contribution in [2.24, 2.45) is 5.92 Å². The summed E-state index contributed by atoms with van der Waals surface area (Å²) in [6.07, 6.45) is 1.71. The molecular weight excluding hydrogens is 417 g/mol. The number of carbonyl (C=O) groups excluding carboxylic acids is 2. The lowest BCUT2D eigenvalue weighted by atomic mass is 10.0. The van der Waals surface area contributed by atoms with Crippen molar-refractivity contribution in [1.82, 2.24) is 9.88 Å². The summed E-state index contributed by atoms with van der Waals surface area (Å²) < 4.78 is 19.6. The minimum atomic E-state index is -0.384. The molecule has 2 aromatic rings. The second-order valence-corrected chi connectivity index (χ2v) is 7.51. The van der Waals surface area contributed by atoms with Crippen molar-refractivity contribution in [2.45, 2.75) is 12.5 Å². The lowest BCUT2D eigenvalue weighted by molar-refractivity contribution is -0.144. The molecule has 140 valence electrons. The van der Waals surface area contributed by atoms with Gasteiger partial charge < -0.3 is 14.5 Å². The monoisotopic (exact) mass is 433 g/mol. The SMILES string of the molecule is O=C(C1CC(=O)N(c2ccc(F)cc2)C1)N1CC(Oc2ncccc2Br)C1. The highest BCUT2D eigenvalue weighted by Crippen LogP contribution is 2.29. The van der Waals surface area contributed by atoms with Crippen molar-refractivity contribution in [3.05, 3.63) is 52.9 Å². The molecule has 1 unspecified atom stereocenters. The molecular formula is C19H17BrFN3O3. The molecule has 0 radical (unpaired) electrons. The Morgan fingerprint density at radius 1 is 1.19 bits per heavy atom. The van der Waals surface area contributed by atoms with E-state index in [4.69, 9.17) is 4.74 Å². The minimum Gasteiger partial charge on any atom is -0.470 e. The Morgan fingerprint density at radius 2 is 1.93 bits per heavy atom. The molecule has 2 aliphatic heterocycles. The predicted octanol–water partition coefficient (Wildman–Crippen LogP) is 2.63. The number of halogens is 2. The number of hydrogen-bond donors (Lipinski definition) is 0. The van der Waals surface area contributed by atoms with Crippen LogP contribution in [0, 0.1) is 11.7 Å². The van der Waals surface area contributed by atoms with Gasteiger partial charge >= 0.3 is 0 Å². The van der Waals surface area contributed by atoms with Crippen LogP contribution in [0.25, 0.3) is 0 Å². The van der Waals surface area contributed by atoms with Gasteiger partial charge in [0.1, 0.15) is 11.9 Å². The number of likely N-dealkylation sites (tertiary alicyclic amines) is 1. The maximum Gasteiger partial charge on any atom is 0.228 e. The van der Waals surface area contributed by atoms with Gasteiger partial charge in [-0.2, -0.15) is 0 Å². The highest BCUT2D eigenvalue weighted by Gasteiger charge is 2.41. The smallest absolute Gasteiger partial charge is 0.228 e. The maximum atomic E-state index is 13.1. The molecule has 27 heavy (non-hydrogen) atoms. The zero-order valence-corrected chi connectivity index (χ0v) is 15.9. The minimum absolute atomic E-state index is 0.0482. The Kier molecular flexibility index (Phi) is 4.82. The van der Waals surface area contributed by atoms with Crippen LogP contribution in [0.4, 0.5) is 10.1 Å². The molecule has 1 aromatic heterocycles. The van der Waals surface area contributed by atoms with Crippen molar-refractivity contribution in [1.29, 1.82) is 0 Å². The first kappa shape index (κ1) is 17.9.